The maximum absolute atomic E-state index is 14.7. The largest absolute Gasteiger partial charge is 0.455 e. The number of carbonyl (C=O) groups excluding carboxylic acids is 4. The molecule has 3 amide bonds. The summed E-state index contributed by atoms with van der Waals surface area (Å²) >= 11 is 9.88. The number of likely N-dealkylation sites (tertiary alicyclic amines) is 1. The first-order valence-electron chi connectivity index (χ1n) is 17.2. The zero-order valence-electron chi connectivity index (χ0n) is 28.6. The molecular formula is C38H45BrClN3O8. The third-order valence-corrected chi connectivity index (χ3v) is 10.9. The number of hydrogen-bond donors (Lipinski definition) is 2. The summed E-state index contributed by atoms with van der Waals surface area (Å²) in [6, 6.07) is 14.0. The van der Waals surface area contributed by atoms with Crippen molar-refractivity contribution in [1.82, 2.24) is 10.2 Å². The zero-order chi connectivity index (χ0) is 36.7. The summed E-state index contributed by atoms with van der Waals surface area (Å²) in [6.45, 7) is 7.84. The van der Waals surface area contributed by atoms with Crippen LogP contribution in [0.5, 0.6) is 0 Å². The monoisotopic (exact) mass is 785 g/mol. The Kier molecular flexibility index (Phi) is 13.1. The number of carbonyl (C=O) groups is 4. The van der Waals surface area contributed by atoms with Gasteiger partial charge in [0.25, 0.3) is 5.91 Å². The number of fused-ring (bicyclic) bond motifs is 1. The molecule has 5 rings (SSSR count). The number of alkyl halides is 1. The van der Waals surface area contributed by atoms with Gasteiger partial charge in [-0.2, -0.15) is 0 Å². The van der Waals surface area contributed by atoms with E-state index in [2.05, 4.69) is 34.4 Å². The van der Waals surface area contributed by atoms with Crippen LogP contribution in [0.3, 0.4) is 0 Å². The second-order valence-electron chi connectivity index (χ2n) is 13.1. The fraction of sp³-hybridized carbons (Fsp3) is 0.474. The van der Waals surface area contributed by atoms with Crippen molar-refractivity contribution in [2.45, 2.75) is 66.8 Å². The normalized spacial score (nSPS) is 25.9. The molecule has 2 aromatic carbocycles. The van der Waals surface area contributed by atoms with Crippen molar-refractivity contribution in [1.29, 1.82) is 0 Å². The third-order valence-electron chi connectivity index (χ3n) is 9.82. The number of unbranched alkanes of at least 4 members (excludes halogenated alkanes) is 1. The number of esters is 1. The maximum atomic E-state index is 14.7. The van der Waals surface area contributed by atoms with Crippen LogP contribution in [0.15, 0.2) is 79.9 Å². The minimum absolute atomic E-state index is 0.0453. The van der Waals surface area contributed by atoms with Crippen LogP contribution in [0, 0.1) is 11.8 Å². The first-order valence-corrected chi connectivity index (χ1v) is 18.5. The van der Waals surface area contributed by atoms with Crippen molar-refractivity contribution < 1.29 is 38.5 Å². The van der Waals surface area contributed by atoms with E-state index in [9.17, 15) is 24.3 Å². The van der Waals surface area contributed by atoms with Gasteiger partial charge in [0.2, 0.25) is 11.8 Å². The van der Waals surface area contributed by atoms with E-state index in [-0.39, 0.29) is 55.3 Å². The SMILES string of the molecule is C=CCCC(=O)N[C@@H](COC)[C@@H](OC(=O)[C@@H]1[C@H]2O[C@@]3(CC2Br)[C@H](C(=O)N(CC=C)c2ccc(Cl)cc2)N(CCCCO)C(=O)[C@@H]13)c1ccccc1. The van der Waals surface area contributed by atoms with E-state index in [0.29, 0.717) is 42.0 Å². The highest BCUT2D eigenvalue weighted by Crippen LogP contribution is 2.60. The summed E-state index contributed by atoms with van der Waals surface area (Å²) in [7, 11) is 1.50. The van der Waals surface area contributed by atoms with Gasteiger partial charge < -0.3 is 34.4 Å². The lowest BCUT2D eigenvalue weighted by Crippen LogP contribution is -2.57. The molecule has 2 aromatic rings. The smallest absolute Gasteiger partial charge is 0.313 e. The molecule has 0 radical (unpaired) electrons. The molecule has 3 saturated heterocycles. The number of halogens is 2. The molecule has 3 heterocycles. The Bertz CT molecular complexity index is 1580. The van der Waals surface area contributed by atoms with Crippen LogP contribution in [0.2, 0.25) is 5.02 Å². The van der Waals surface area contributed by atoms with Crippen LogP contribution in [0.1, 0.15) is 43.8 Å². The summed E-state index contributed by atoms with van der Waals surface area (Å²) in [5.74, 6) is -3.76. The number of allylic oxidation sites excluding steroid dienone is 1. The van der Waals surface area contributed by atoms with E-state index in [0.717, 1.165) is 0 Å². The first-order chi connectivity index (χ1) is 24.6. The highest BCUT2D eigenvalue weighted by atomic mass is 79.9. The number of methoxy groups -OCH3 is 1. The molecule has 0 aromatic heterocycles. The van der Waals surface area contributed by atoms with Gasteiger partial charge in [-0.15, -0.1) is 13.2 Å². The first kappa shape index (κ1) is 38.7. The number of nitrogens with one attached hydrogen (secondary N) is 1. The molecule has 3 fully saturated rings. The number of ether oxygens (including phenoxy) is 3. The molecule has 3 aliphatic heterocycles. The van der Waals surface area contributed by atoms with Crippen LogP contribution in [0.4, 0.5) is 5.69 Å². The Morgan fingerprint density at radius 3 is 2.53 bits per heavy atom. The third kappa shape index (κ3) is 7.95. The standard InChI is InChI=1S/C38H45BrClN3O8/c1-4-6-14-29(45)41-28(23-49-3)32(24-12-8-7-9-13-24)50-37(48)30-31-35(46)43(20-10-11-21-44)34(38(31)22-27(39)33(30)51-38)36(47)42(19-5-2)26-17-15-25(40)16-18-26/h4-5,7-9,12-13,15-18,27-28,30-34,44H,1-2,6,10-11,14,19-23H2,3H3,(H,41,45)/t27?,28-,30-,31+,32-,33-,34-,38+/m0/s1. The molecule has 13 heteroatoms. The van der Waals surface area contributed by atoms with Crippen LogP contribution in [0.25, 0.3) is 0 Å². The van der Waals surface area contributed by atoms with Crippen LogP contribution in [-0.2, 0) is 33.4 Å². The average molecular weight is 787 g/mol. The Morgan fingerprint density at radius 2 is 1.88 bits per heavy atom. The summed E-state index contributed by atoms with van der Waals surface area (Å²) < 4.78 is 18.5. The van der Waals surface area contributed by atoms with E-state index < -0.39 is 47.7 Å². The minimum atomic E-state index is -1.34. The van der Waals surface area contributed by atoms with Crippen LogP contribution >= 0.6 is 27.5 Å². The summed E-state index contributed by atoms with van der Waals surface area (Å²) in [5.41, 5.74) is -0.143. The number of anilines is 1. The number of aliphatic hydroxyl groups is 1. The van der Waals surface area contributed by atoms with Crippen LogP contribution < -0.4 is 10.2 Å². The van der Waals surface area contributed by atoms with Gasteiger partial charge in [-0.25, -0.2) is 0 Å². The molecule has 274 valence electrons. The van der Waals surface area contributed by atoms with Crippen molar-refractivity contribution in [3.63, 3.8) is 0 Å². The average Bonchev–Trinajstić information content (AvgIpc) is 3.72. The van der Waals surface area contributed by atoms with E-state index in [4.69, 9.17) is 25.8 Å². The lowest BCUT2D eigenvalue weighted by Gasteiger charge is -2.37. The number of benzene rings is 2. The fourth-order valence-corrected chi connectivity index (χ4v) is 8.73. The lowest BCUT2D eigenvalue weighted by atomic mass is 9.70. The van der Waals surface area contributed by atoms with Crippen molar-refractivity contribution in [2.75, 3.05) is 38.3 Å². The second kappa shape index (κ2) is 17.3. The van der Waals surface area contributed by atoms with Crippen LogP contribution in [-0.4, -0.2) is 95.7 Å². The van der Waals surface area contributed by atoms with Gasteiger partial charge >= 0.3 is 5.97 Å². The number of nitrogens with zero attached hydrogens (tertiary/aromatic N) is 2. The summed E-state index contributed by atoms with van der Waals surface area (Å²) in [6.07, 6.45) is 3.36. The van der Waals surface area contributed by atoms with E-state index in [1.165, 1.54) is 12.0 Å². The molecule has 8 atom stereocenters. The Balaban J connectivity index is 1.51. The maximum Gasteiger partial charge on any atom is 0.313 e. The molecule has 2 N–H and O–H groups in total. The summed E-state index contributed by atoms with van der Waals surface area (Å²) in [5, 5.41) is 13.0. The molecule has 2 bridgehead atoms. The number of aliphatic hydroxyl groups excluding tert-OH is 1. The van der Waals surface area contributed by atoms with E-state index in [1.807, 2.05) is 6.07 Å². The predicted octanol–water partition coefficient (Wildman–Crippen LogP) is 4.76. The van der Waals surface area contributed by atoms with Gasteiger partial charge in [0.15, 0.2) is 0 Å². The van der Waals surface area contributed by atoms with Gasteiger partial charge in [0, 0.05) is 48.8 Å². The molecule has 1 spiro atoms. The molecule has 11 nitrogen and oxygen atoms in total. The number of amides is 3. The molecule has 0 saturated carbocycles. The second-order valence-corrected chi connectivity index (χ2v) is 14.7. The Hall–Kier alpha value is -3.55. The van der Waals surface area contributed by atoms with Gasteiger partial charge in [0.1, 0.15) is 17.7 Å². The molecular weight excluding hydrogens is 742 g/mol. The van der Waals surface area contributed by atoms with Crippen molar-refractivity contribution >= 4 is 56.9 Å². The van der Waals surface area contributed by atoms with E-state index in [1.54, 1.807) is 65.6 Å². The Labute approximate surface area is 312 Å². The molecule has 51 heavy (non-hydrogen) atoms. The summed E-state index contributed by atoms with van der Waals surface area (Å²) in [4.78, 5) is 59.4. The predicted molar refractivity (Wildman–Crippen MR) is 196 cm³/mol. The molecule has 3 aliphatic rings. The lowest BCUT2D eigenvalue weighted by molar-refractivity contribution is -0.163. The van der Waals surface area contributed by atoms with Crippen molar-refractivity contribution in [3.8, 4) is 0 Å². The highest BCUT2D eigenvalue weighted by Gasteiger charge is 2.77. The zero-order valence-corrected chi connectivity index (χ0v) is 31.0. The molecule has 1 unspecified atom stereocenters. The number of hydrogen-bond acceptors (Lipinski definition) is 8. The van der Waals surface area contributed by atoms with Gasteiger partial charge in [-0.1, -0.05) is 70.0 Å². The fourth-order valence-electron chi connectivity index (χ4n) is 7.66. The topological polar surface area (TPSA) is 135 Å². The minimum Gasteiger partial charge on any atom is -0.455 e. The highest BCUT2D eigenvalue weighted by molar-refractivity contribution is 9.09. The van der Waals surface area contributed by atoms with Gasteiger partial charge in [-0.3, -0.25) is 19.2 Å². The van der Waals surface area contributed by atoms with Gasteiger partial charge in [-0.05, 0) is 55.5 Å². The van der Waals surface area contributed by atoms with Crippen molar-refractivity contribution in [2.24, 2.45) is 11.8 Å². The van der Waals surface area contributed by atoms with Gasteiger partial charge in [0.05, 0.1) is 30.6 Å². The van der Waals surface area contributed by atoms with Crippen molar-refractivity contribution in [3.05, 3.63) is 90.5 Å². The van der Waals surface area contributed by atoms with E-state index >= 15 is 0 Å². The number of rotatable bonds is 18. The Morgan fingerprint density at radius 1 is 1.16 bits per heavy atom. The quantitative estimate of drug-likeness (QED) is 0.0957. The molecule has 0 aliphatic carbocycles.